The van der Waals surface area contributed by atoms with Crippen LogP contribution in [0.4, 0.5) is 5.69 Å². The summed E-state index contributed by atoms with van der Waals surface area (Å²) in [7, 11) is 0. The van der Waals surface area contributed by atoms with Gasteiger partial charge in [-0.15, -0.1) is 6.58 Å². The van der Waals surface area contributed by atoms with Crippen LogP contribution in [0.15, 0.2) is 36.4 Å². The van der Waals surface area contributed by atoms with E-state index in [0.717, 1.165) is 12.0 Å². The van der Waals surface area contributed by atoms with Gasteiger partial charge in [0.05, 0.1) is 18.2 Å². The number of nitrogens with one attached hydrogen (secondary N) is 1. The number of rotatable bonds is 6. The van der Waals surface area contributed by atoms with Crippen molar-refractivity contribution in [3.63, 3.8) is 0 Å². The van der Waals surface area contributed by atoms with Gasteiger partial charge in [0.25, 0.3) is 0 Å². The molecule has 4 heteroatoms. The number of carbonyl (C=O) groups excluding carboxylic acids is 1. The molecule has 0 atom stereocenters. The summed E-state index contributed by atoms with van der Waals surface area (Å²) in [6.45, 7) is 6.18. The average molecular weight is 244 g/mol. The monoisotopic (exact) mass is 244 g/mol. The number of ether oxygens (including phenoxy) is 1. The van der Waals surface area contributed by atoms with Crippen LogP contribution in [-0.4, -0.2) is 19.1 Å². The highest BCUT2D eigenvalue weighted by Crippen LogP contribution is 2.08. The standard InChI is InChI=1S/C14H16N2O2/c1-11(2)7-8-18-10-14(17)16-13-5-3-12(9-15)4-6-13/h3-6H,1,7-8,10H2,2H3,(H,16,17). The predicted molar refractivity (Wildman–Crippen MR) is 70.0 cm³/mol. The van der Waals surface area contributed by atoms with Crippen LogP contribution in [-0.2, 0) is 9.53 Å². The molecule has 0 unspecified atom stereocenters. The van der Waals surface area contributed by atoms with Crippen molar-refractivity contribution in [3.05, 3.63) is 42.0 Å². The fraction of sp³-hybridized carbons (Fsp3) is 0.286. The topological polar surface area (TPSA) is 62.1 Å². The van der Waals surface area contributed by atoms with Gasteiger partial charge in [0, 0.05) is 5.69 Å². The van der Waals surface area contributed by atoms with Crippen molar-refractivity contribution in [1.29, 1.82) is 5.26 Å². The van der Waals surface area contributed by atoms with Crippen LogP contribution in [0.3, 0.4) is 0 Å². The Bertz CT molecular complexity index is 458. The van der Waals surface area contributed by atoms with Gasteiger partial charge in [-0.3, -0.25) is 4.79 Å². The van der Waals surface area contributed by atoms with Gasteiger partial charge in [-0.1, -0.05) is 5.57 Å². The minimum Gasteiger partial charge on any atom is -0.371 e. The lowest BCUT2D eigenvalue weighted by Gasteiger charge is -2.06. The van der Waals surface area contributed by atoms with Gasteiger partial charge in [0.2, 0.25) is 5.91 Å². The van der Waals surface area contributed by atoms with Crippen LogP contribution >= 0.6 is 0 Å². The maximum atomic E-state index is 11.5. The van der Waals surface area contributed by atoms with Crippen molar-refractivity contribution in [3.8, 4) is 6.07 Å². The van der Waals surface area contributed by atoms with E-state index in [9.17, 15) is 4.79 Å². The molecule has 1 N–H and O–H groups in total. The van der Waals surface area contributed by atoms with Crippen LogP contribution in [0, 0.1) is 11.3 Å². The van der Waals surface area contributed by atoms with E-state index >= 15 is 0 Å². The van der Waals surface area contributed by atoms with E-state index in [1.54, 1.807) is 24.3 Å². The quantitative estimate of drug-likeness (QED) is 0.617. The average Bonchev–Trinajstić information content (AvgIpc) is 2.35. The first-order valence-corrected chi connectivity index (χ1v) is 5.64. The van der Waals surface area contributed by atoms with E-state index in [1.807, 2.05) is 13.0 Å². The summed E-state index contributed by atoms with van der Waals surface area (Å²) in [4.78, 5) is 11.5. The van der Waals surface area contributed by atoms with Gasteiger partial charge in [0.1, 0.15) is 6.61 Å². The summed E-state index contributed by atoms with van der Waals surface area (Å²) in [6.07, 6.45) is 0.754. The smallest absolute Gasteiger partial charge is 0.250 e. The molecule has 0 saturated heterocycles. The van der Waals surface area contributed by atoms with Crippen LogP contribution in [0.5, 0.6) is 0 Å². The van der Waals surface area contributed by atoms with E-state index in [-0.39, 0.29) is 12.5 Å². The van der Waals surface area contributed by atoms with E-state index in [0.29, 0.717) is 17.9 Å². The lowest BCUT2D eigenvalue weighted by molar-refractivity contribution is -0.120. The lowest BCUT2D eigenvalue weighted by atomic mass is 10.2. The minimum atomic E-state index is -0.207. The fourth-order valence-electron chi connectivity index (χ4n) is 1.24. The summed E-state index contributed by atoms with van der Waals surface area (Å²) in [5.41, 5.74) is 2.25. The second kappa shape index (κ2) is 7.25. The molecule has 1 aromatic rings. The molecule has 94 valence electrons. The molecule has 0 bridgehead atoms. The molecule has 0 aliphatic carbocycles. The van der Waals surface area contributed by atoms with Crippen molar-refractivity contribution in [2.24, 2.45) is 0 Å². The van der Waals surface area contributed by atoms with Gasteiger partial charge in [0.15, 0.2) is 0 Å². The number of hydrogen-bond acceptors (Lipinski definition) is 3. The molecule has 1 amide bonds. The van der Waals surface area contributed by atoms with Crippen molar-refractivity contribution in [2.45, 2.75) is 13.3 Å². The fourth-order valence-corrected chi connectivity index (χ4v) is 1.24. The van der Waals surface area contributed by atoms with Crippen LogP contribution in [0.1, 0.15) is 18.9 Å². The zero-order valence-electron chi connectivity index (χ0n) is 10.4. The number of carbonyl (C=O) groups is 1. The third-order valence-electron chi connectivity index (χ3n) is 2.20. The summed E-state index contributed by atoms with van der Waals surface area (Å²) >= 11 is 0. The summed E-state index contributed by atoms with van der Waals surface area (Å²) in [5.74, 6) is -0.207. The van der Waals surface area contributed by atoms with Gasteiger partial charge in [-0.05, 0) is 37.6 Å². The Morgan fingerprint density at radius 1 is 1.44 bits per heavy atom. The normalized spacial score (nSPS) is 9.56. The second-order valence-corrected chi connectivity index (χ2v) is 4.00. The maximum absolute atomic E-state index is 11.5. The Balaban J connectivity index is 2.31. The van der Waals surface area contributed by atoms with Crippen molar-refractivity contribution in [2.75, 3.05) is 18.5 Å². The molecule has 18 heavy (non-hydrogen) atoms. The Labute approximate surface area is 107 Å². The first kappa shape index (κ1) is 13.9. The van der Waals surface area contributed by atoms with E-state index in [4.69, 9.17) is 10.00 Å². The molecule has 0 saturated carbocycles. The van der Waals surface area contributed by atoms with Crippen LogP contribution in [0.25, 0.3) is 0 Å². The van der Waals surface area contributed by atoms with Crippen LogP contribution in [0.2, 0.25) is 0 Å². The van der Waals surface area contributed by atoms with Gasteiger partial charge < -0.3 is 10.1 Å². The lowest BCUT2D eigenvalue weighted by Crippen LogP contribution is -2.18. The molecule has 0 radical (unpaired) electrons. The molecule has 0 fully saturated rings. The number of nitriles is 1. The highest BCUT2D eigenvalue weighted by Gasteiger charge is 2.02. The molecule has 0 aliphatic rings. The Kier molecular flexibility index (Phi) is 5.62. The number of benzene rings is 1. The molecular weight excluding hydrogens is 228 g/mol. The summed E-state index contributed by atoms with van der Waals surface area (Å²) in [5, 5.41) is 11.3. The molecule has 0 aliphatic heterocycles. The van der Waals surface area contributed by atoms with Gasteiger partial charge in [-0.2, -0.15) is 5.26 Å². The minimum absolute atomic E-state index is 0.0211. The first-order chi connectivity index (χ1) is 8.61. The number of anilines is 1. The molecule has 1 rings (SSSR count). The van der Waals surface area contributed by atoms with E-state index in [1.165, 1.54) is 0 Å². The number of hydrogen-bond donors (Lipinski definition) is 1. The Morgan fingerprint density at radius 3 is 2.67 bits per heavy atom. The van der Waals surface area contributed by atoms with Gasteiger partial charge >= 0.3 is 0 Å². The van der Waals surface area contributed by atoms with E-state index in [2.05, 4.69) is 11.9 Å². The largest absolute Gasteiger partial charge is 0.371 e. The predicted octanol–water partition coefficient (Wildman–Crippen LogP) is 2.48. The zero-order chi connectivity index (χ0) is 13.4. The molecule has 0 heterocycles. The molecule has 1 aromatic carbocycles. The molecule has 4 nitrogen and oxygen atoms in total. The highest BCUT2D eigenvalue weighted by atomic mass is 16.5. The molecular formula is C14H16N2O2. The van der Waals surface area contributed by atoms with Crippen molar-refractivity contribution in [1.82, 2.24) is 0 Å². The van der Waals surface area contributed by atoms with Gasteiger partial charge in [-0.25, -0.2) is 0 Å². The highest BCUT2D eigenvalue weighted by molar-refractivity contribution is 5.91. The summed E-state index contributed by atoms with van der Waals surface area (Å²) < 4.78 is 5.20. The first-order valence-electron chi connectivity index (χ1n) is 5.64. The Morgan fingerprint density at radius 2 is 2.11 bits per heavy atom. The zero-order valence-corrected chi connectivity index (χ0v) is 10.4. The molecule has 0 aromatic heterocycles. The summed E-state index contributed by atoms with van der Waals surface area (Å²) in [6, 6.07) is 8.68. The van der Waals surface area contributed by atoms with Crippen LogP contribution < -0.4 is 5.32 Å². The third-order valence-corrected chi connectivity index (χ3v) is 2.20. The van der Waals surface area contributed by atoms with Crippen molar-refractivity contribution < 1.29 is 9.53 Å². The Hall–Kier alpha value is -2.12. The number of amides is 1. The second-order valence-electron chi connectivity index (χ2n) is 4.00. The third kappa shape index (κ3) is 5.28. The number of nitrogens with zero attached hydrogens (tertiary/aromatic N) is 1. The maximum Gasteiger partial charge on any atom is 0.250 e. The molecule has 0 spiro atoms. The van der Waals surface area contributed by atoms with E-state index < -0.39 is 0 Å². The SMILES string of the molecule is C=C(C)CCOCC(=O)Nc1ccc(C#N)cc1. The van der Waals surface area contributed by atoms with Crippen molar-refractivity contribution >= 4 is 11.6 Å².